The molecule has 3 heteroatoms. The number of aliphatic hydroxyl groups excluding tert-OH is 1. The Morgan fingerprint density at radius 3 is 2.76 bits per heavy atom. The Morgan fingerprint density at radius 2 is 2.12 bits per heavy atom. The molecule has 0 unspecified atom stereocenters. The van der Waals surface area contributed by atoms with Crippen molar-refractivity contribution in [2.24, 2.45) is 5.92 Å². The first kappa shape index (κ1) is 12.4. The van der Waals surface area contributed by atoms with Gasteiger partial charge in [-0.15, -0.1) is 0 Å². The molecule has 17 heavy (non-hydrogen) atoms. The lowest BCUT2D eigenvalue weighted by Crippen LogP contribution is -2.34. The fourth-order valence-electron chi connectivity index (χ4n) is 2.36. The second-order valence-electron chi connectivity index (χ2n) is 4.75. The van der Waals surface area contributed by atoms with Crippen LogP contribution in [-0.2, 0) is 6.54 Å². The van der Waals surface area contributed by atoms with Gasteiger partial charge in [0.25, 0.3) is 0 Å². The summed E-state index contributed by atoms with van der Waals surface area (Å²) in [4.78, 5) is 2.45. The van der Waals surface area contributed by atoms with Crippen LogP contribution < -0.4 is 4.74 Å². The van der Waals surface area contributed by atoms with E-state index in [0.717, 1.165) is 38.2 Å². The van der Waals surface area contributed by atoms with E-state index in [2.05, 4.69) is 17.0 Å². The Balaban J connectivity index is 1.88. The van der Waals surface area contributed by atoms with Crippen molar-refractivity contribution in [3.63, 3.8) is 0 Å². The molecule has 0 atom stereocenters. The Bertz CT molecular complexity index is 346. The second kappa shape index (κ2) is 6.03. The Labute approximate surface area is 103 Å². The van der Waals surface area contributed by atoms with E-state index in [0.29, 0.717) is 12.5 Å². The van der Waals surface area contributed by atoms with Gasteiger partial charge >= 0.3 is 0 Å². The summed E-state index contributed by atoms with van der Waals surface area (Å²) in [6.07, 6.45) is 2.22. The van der Waals surface area contributed by atoms with Crippen molar-refractivity contribution in [1.82, 2.24) is 4.90 Å². The summed E-state index contributed by atoms with van der Waals surface area (Å²) in [7, 11) is 1.70. The average molecular weight is 235 g/mol. The Hall–Kier alpha value is -1.06. The molecular formula is C14H21NO2. The molecule has 1 saturated heterocycles. The first-order valence-electron chi connectivity index (χ1n) is 6.28. The summed E-state index contributed by atoms with van der Waals surface area (Å²) in [5.74, 6) is 1.43. The molecule has 0 spiro atoms. The monoisotopic (exact) mass is 235 g/mol. The fraction of sp³-hybridized carbons (Fsp3) is 0.571. The lowest BCUT2D eigenvalue weighted by Gasteiger charge is -2.31. The molecule has 1 heterocycles. The minimum Gasteiger partial charge on any atom is -0.497 e. The third kappa shape index (κ3) is 3.45. The molecule has 0 saturated carbocycles. The van der Waals surface area contributed by atoms with Crippen LogP contribution in [0.1, 0.15) is 18.4 Å². The van der Waals surface area contributed by atoms with Crippen LogP contribution in [0.3, 0.4) is 0 Å². The van der Waals surface area contributed by atoms with Crippen molar-refractivity contribution in [3.05, 3.63) is 29.8 Å². The fourth-order valence-corrected chi connectivity index (χ4v) is 2.36. The van der Waals surface area contributed by atoms with Gasteiger partial charge in [-0.25, -0.2) is 0 Å². The minimum absolute atomic E-state index is 0.340. The van der Waals surface area contributed by atoms with Crippen molar-refractivity contribution in [1.29, 1.82) is 0 Å². The minimum atomic E-state index is 0.340. The molecule has 1 aromatic rings. The lowest BCUT2D eigenvalue weighted by atomic mass is 9.97. The van der Waals surface area contributed by atoms with E-state index in [-0.39, 0.29) is 0 Å². The highest BCUT2D eigenvalue weighted by Crippen LogP contribution is 2.20. The summed E-state index contributed by atoms with van der Waals surface area (Å²) in [6.45, 7) is 3.49. The molecule has 3 nitrogen and oxygen atoms in total. The number of methoxy groups -OCH3 is 1. The predicted octanol–water partition coefficient (Wildman–Crippen LogP) is 1.90. The van der Waals surface area contributed by atoms with E-state index in [9.17, 15) is 0 Å². The van der Waals surface area contributed by atoms with E-state index >= 15 is 0 Å². The second-order valence-corrected chi connectivity index (χ2v) is 4.75. The normalized spacial score (nSPS) is 18.2. The first-order chi connectivity index (χ1) is 8.31. The zero-order valence-electron chi connectivity index (χ0n) is 10.4. The first-order valence-corrected chi connectivity index (χ1v) is 6.28. The highest BCUT2D eigenvalue weighted by atomic mass is 16.5. The van der Waals surface area contributed by atoms with E-state index in [1.54, 1.807) is 7.11 Å². The molecule has 0 amide bonds. The van der Waals surface area contributed by atoms with E-state index < -0.39 is 0 Å². The van der Waals surface area contributed by atoms with Gasteiger partial charge in [-0.1, -0.05) is 12.1 Å². The van der Waals surface area contributed by atoms with E-state index in [4.69, 9.17) is 9.84 Å². The summed E-state index contributed by atoms with van der Waals surface area (Å²) in [5, 5.41) is 9.10. The van der Waals surface area contributed by atoms with E-state index in [1.165, 1.54) is 5.56 Å². The highest BCUT2D eigenvalue weighted by molar-refractivity contribution is 5.28. The maximum absolute atomic E-state index is 9.10. The maximum Gasteiger partial charge on any atom is 0.119 e. The lowest BCUT2D eigenvalue weighted by molar-refractivity contribution is 0.127. The summed E-state index contributed by atoms with van der Waals surface area (Å²) in [6, 6.07) is 8.24. The van der Waals surface area contributed by atoms with Gasteiger partial charge in [0.15, 0.2) is 0 Å². The van der Waals surface area contributed by atoms with Crippen LogP contribution in [0.2, 0.25) is 0 Å². The third-order valence-corrected chi connectivity index (χ3v) is 3.51. The Kier molecular flexibility index (Phi) is 4.40. The topological polar surface area (TPSA) is 32.7 Å². The molecular weight excluding hydrogens is 214 g/mol. The number of piperidine rings is 1. The van der Waals surface area contributed by atoms with Crippen molar-refractivity contribution in [3.8, 4) is 5.75 Å². The molecule has 1 fully saturated rings. The average Bonchev–Trinajstić information content (AvgIpc) is 2.40. The molecule has 1 aromatic carbocycles. The third-order valence-electron chi connectivity index (χ3n) is 3.51. The number of rotatable bonds is 4. The summed E-state index contributed by atoms with van der Waals surface area (Å²) >= 11 is 0. The van der Waals surface area contributed by atoms with E-state index in [1.807, 2.05) is 12.1 Å². The summed E-state index contributed by atoms with van der Waals surface area (Å²) in [5.41, 5.74) is 1.30. The molecule has 0 radical (unpaired) electrons. The molecule has 2 rings (SSSR count). The van der Waals surface area contributed by atoms with Gasteiger partial charge in [-0.05, 0) is 49.5 Å². The van der Waals surface area contributed by atoms with Crippen molar-refractivity contribution < 1.29 is 9.84 Å². The highest BCUT2D eigenvalue weighted by Gasteiger charge is 2.18. The zero-order chi connectivity index (χ0) is 12.1. The van der Waals surface area contributed by atoms with Gasteiger partial charge in [0.2, 0.25) is 0 Å². The number of aliphatic hydroxyl groups is 1. The quantitative estimate of drug-likeness (QED) is 0.865. The maximum atomic E-state index is 9.10. The van der Waals surface area contributed by atoms with Crippen LogP contribution >= 0.6 is 0 Å². The van der Waals surface area contributed by atoms with Crippen molar-refractivity contribution in [2.75, 3.05) is 26.8 Å². The van der Waals surface area contributed by atoms with Gasteiger partial charge < -0.3 is 9.84 Å². The van der Waals surface area contributed by atoms with Crippen LogP contribution in [0, 0.1) is 5.92 Å². The molecule has 1 aliphatic heterocycles. The SMILES string of the molecule is COc1cccc(CN2CCC(CO)CC2)c1. The standard InChI is InChI=1S/C14H21NO2/c1-17-14-4-2-3-13(9-14)10-15-7-5-12(11-16)6-8-15/h2-4,9,12,16H,5-8,10-11H2,1H3. The van der Waals surface area contributed by atoms with Gasteiger partial charge in [-0.2, -0.15) is 0 Å². The number of hydrogen-bond donors (Lipinski definition) is 1. The predicted molar refractivity (Wildman–Crippen MR) is 68.1 cm³/mol. The molecule has 1 aliphatic rings. The van der Waals surface area contributed by atoms with Gasteiger partial charge in [0, 0.05) is 13.2 Å². The van der Waals surface area contributed by atoms with Crippen LogP contribution in [0.4, 0.5) is 0 Å². The number of benzene rings is 1. The number of hydrogen-bond acceptors (Lipinski definition) is 3. The van der Waals surface area contributed by atoms with Crippen LogP contribution in [0.25, 0.3) is 0 Å². The zero-order valence-corrected chi connectivity index (χ0v) is 10.4. The van der Waals surface area contributed by atoms with Gasteiger partial charge in [0.05, 0.1) is 7.11 Å². The van der Waals surface area contributed by atoms with Gasteiger partial charge in [0.1, 0.15) is 5.75 Å². The van der Waals surface area contributed by atoms with Crippen LogP contribution in [0.5, 0.6) is 5.75 Å². The van der Waals surface area contributed by atoms with Crippen molar-refractivity contribution >= 4 is 0 Å². The van der Waals surface area contributed by atoms with Crippen molar-refractivity contribution in [2.45, 2.75) is 19.4 Å². The molecule has 0 aliphatic carbocycles. The summed E-state index contributed by atoms with van der Waals surface area (Å²) < 4.78 is 5.23. The number of ether oxygens (including phenoxy) is 1. The number of nitrogens with zero attached hydrogens (tertiary/aromatic N) is 1. The molecule has 0 aromatic heterocycles. The largest absolute Gasteiger partial charge is 0.497 e. The number of likely N-dealkylation sites (tertiary alicyclic amines) is 1. The smallest absolute Gasteiger partial charge is 0.119 e. The van der Waals surface area contributed by atoms with Crippen LogP contribution in [-0.4, -0.2) is 36.8 Å². The Morgan fingerprint density at radius 1 is 1.35 bits per heavy atom. The molecule has 94 valence electrons. The van der Waals surface area contributed by atoms with Gasteiger partial charge in [-0.3, -0.25) is 4.90 Å². The molecule has 1 N–H and O–H groups in total. The molecule has 0 bridgehead atoms. The van der Waals surface area contributed by atoms with Crippen LogP contribution in [0.15, 0.2) is 24.3 Å².